The number of alkyl halides is 2. The van der Waals surface area contributed by atoms with Crippen LogP contribution in [0.3, 0.4) is 0 Å². The number of carbonyl (C=O) groups is 1. The molecule has 0 radical (unpaired) electrons. The van der Waals surface area contributed by atoms with E-state index in [2.05, 4.69) is 26.0 Å². The summed E-state index contributed by atoms with van der Waals surface area (Å²) >= 11 is 4.80. The fourth-order valence-electron chi connectivity index (χ4n) is 1.80. The van der Waals surface area contributed by atoms with E-state index in [9.17, 15) is 13.6 Å². The van der Waals surface area contributed by atoms with E-state index in [0.29, 0.717) is 5.75 Å². The number of rotatable bonds is 7. The number of ether oxygens (including phenoxy) is 1. The molecule has 122 valence electrons. The Bertz CT molecular complexity index is 653. The van der Waals surface area contributed by atoms with Crippen molar-refractivity contribution < 1.29 is 18.3 Å². The molecule has 0 saturated heterocycles. The average Bonchev–Trinajstić information content (AvgIpc) is 2.51. The van der Waals surface area contributed by atoms with Crippen LogP contribution in [0.4, 0.5) is 14.5 Å². The molecule has 23 heavy (non-hydrogen) atoms. The number of amides is 1. The lowest BCUT2D eigenvalue weighted by molar-refractivity contribution is -0.113. The molecule has 0 atom stereocenters. The monoisotopic (exact) mass is 401 g/mol. The van der Waals surface area contributed by atoms with Crippen LogP contribution in [0.25, 0.3) is 0 Å². The predicted octanol–water partition coefficient (Wildman–Crippen LogP) is 4.92. The molecule has 0 spiro atoms. The van der Waals surface area contributed by atoms with E-state index in [1.165, 1.54) is 23.9 Å². The minimum absolute atomic E-state index is 0.0474. The van der Waals surface area contributed by atoms with Crippen LogP contribution in [-0.2, 0) is 10.5 Å². The van der Waals surface area contributed by atoms with Crippen molar-refractivity contribution in [2.24, 2.45) is 0 Å². The molecule has 0 aliphatic rings. The minimum atomic E-state index is -2.93. The van der Waals surface area contributed by atoms with Crippen LogP contribution in [0.2, 0.25) is 0 Å². The first-order valence-electron chi connectivity index (χ1n) is 6.70. The average molecular weight is 402 g/mol. The first-order valence-corrected chi connectivity index (χ1v) is 8.65. The lowest BCUT2D eigenvalue weighted by Crippen LogP contribution is -2.15. The van der Waals surface area contributed by atoms with E-state index in [1.807, 2.05) is 24.3 Å². The van der Waals surface area contributed by atoms with Gasteiger partial charge in [0, 0.05) is 10.2 Å². The van der Waals surface area contributed by atoms with Crippen molar-refractivity contribution in [1.29, 1.82) is 0 Å². The van der Waals surface area contributed by atoms with E-state index < -0.39 is 6.61 Å². The lowest BCUT2D eigenvalue weighted by Gasteiger charge is -2.11. The Kier molecular flexibility index (Phi) is 6.85. The van der Waals surface area contributed by atoms with Crippen LogP contribution >= 0.6 is 27.7 Å². The SMILES string of the molecule is O=C(CSCc1ccc(Br)cc1)Nc1ccccc1OC(F)F. The van der Waals surface area contributed by atoms with Crippen molar-refractivity contribution >= 4 is 39.3 Å². The van der Waals surface area contributed by atoms with Crippen LogP contribution in [0.1, 0.15) is 5.56 Å². The molecule has 7 heteroatoms. The standard InChI is InChI=1S/C16H14BrF2NO2S/c17-12-7-5-11(6-8-12)9-23-10-15(21)20-13-3-1-2-4-14(13)22-16(18)19/h1-8,16H,9-10H2,(H,20,21). The molecule has 0 unspecified atom stereocenters. The van der Waals surface area contributed by atoms with Gasteiger partial charge in [-0.1, -0.05) is 40.2 Å². The van der Waals surface area contributed by atoms with Crippen molar-refractivity contribution in [1.82, 2.24) is 0 Å². The fraction of sp³-hybridized carbons (Fsp3) is 0.188. The van der Waals surface area contributed by atoms with Gasteiger partial charge in [0.25, 0.3) is 0 Å². The van der Waals surface area contributed by atoms with Gasteiger partial charge in [0.2, 0.25) is 5.91 Å². The summed E-state index contributed by atoms with van der Waals surface area (Å²) in [5.74, 6) is 0.598. The maximum absolute atomic E-state index is 12.3. The predicted molar refractivity (Wildman–Crippen MR) is 92.0 cm³/mol. The Morgan fingerprint density at radius 1 is 1.17 bits per heavy atom. The Balaban J connectivity index is 1.84. The van der Waals surface area contributed by atoms with Gasteiger partial charge in [-0.05, 0) is 29.8 Å². The second kappa shape index (κ2) is 8.88. The summed E-state index contributed by atoms with van der Waals surface area (Å²) in [6.07, 6.45) is 0. The molecule has 0 heterocycles. The number of halogens is 3. The van der Waals surface area contributed by atoms with E-state index in [4.69, 9.17) is 0 Å². The van der Waals surface area contributed by atoms with Crippen LogP contribution in [0, 0.1) is 0 Å². The van der Waals surface area contributed by atoms with Crippen molar-refractivity contribution in [3.05, 3.63) is 58.6 Å². The molecule has 0 bridgehead atoms. The molecule has 2 aromatic carbocycles. The smallest absolute Gasteiger partial charge is 0.387 e. The summed E-state index contributed by atoms with van der Waals surface area (Å²) in [4.78, 5) is 11.9. The van der Waals surface area contributed by atoms with Gasteiger partial charge < -0.3 is 10.1 Å². The summed E-state index contributed by atoms with van der Waals surface area (Å²) in [6, 6.07) is 13.9. The topological polar surface area (TPSA) is 38.3 Å². The van der Waals surface area contributed by atoms with Gasteiger partial charge in [0.15, 0.2) is 0 Å². The van der Waals surface area contributed by atoms with E-state index in [1.54, 1.807) is 12.1 Å². The van der Waals surface area contributed by atoms with Crippen molar-refractivity contribution in [2.45, 2.75) is 12.4 Å². The molecule has 2 aromatic rings. The Labute approximate surface area is 145 Å². The second-order valence-electron chi connectivity index (χ2n) is 4.54. The molecule has 0 aliphatic carbocycles. The molecule has 0 aromatic heterocycles. The fourth-order valence-corrected chi connectivity index (χ4v) is 2.85. The quantitative estimate of drug-likeness (QED) is 0.715. The normalized spacial score (nSPS) is 10.6. The van der Waals surface area contributed by atoms with Gasteiger partial charge in [-0.15, -0.1) is 11.8 Å². The molecule has 0 fully saturated rings. The molecule has 3 nitrogen and oxygen atoms in total. The highest BCUT2D eigenvalue weighted by molar-refractivity contribution is 9.10. The van der Waals surface area contributed by atoms with Crippen LogP contribution < -0.4 is 10.1 Å². The summed E-state index contributed by atoms with van der Waals surface area (Å²) in [6.45, 7) is -2.93. The number of para-hydroxylation sites is 2. The number of hydrogen-bond donors (Lipinski definition) is 1. The molecular weight excluding hydrogens is 388 g/mol. The Morgan fingerprint density at radius 3 is 2.57 bits per heavy atom. The largest absolute Gasteiger partial charge is 0.433 e. The van der Waals surface area contributed by atoms with Gasteiger partial charge in [0.1, 0.15) is 5.75 Å². The maximum Gasteiger partial charge on any atom is 0.387 e. The number of anilines is 1. The maximum atomic E-state index is 12.3. The minimum Gasteiger partial charge on any atom is -0.433 e. The van der Waals surface area contributed by atoms with Crippen LogP contribution in [0.15, 0.2) is 53.0 Å². The summed E-state index contributed by atoms with van der Waals surface area (Å²) in [5, 5.41) is 2.59. The number of benzene rings is 2. The van der Waals surface area contributed by atoms with Crippen LogP contribution in [0.5, 0.6) is 5.75 Å². The molecule has 0 saturated carbocycles. The van der Waals surface area contributed by atoms with Crippen molar-refractivity contribution in [3.63, 3.8) is 0 Å². The first kappa shape index (κ1) is 17.7. The lowest BCUT2D eigenvalue weighted by atomic mass is 10.2. The Hall–Kier alpha value is -1.60. The van der Waals surface area contributed by atoms with E-state index in [0.717, 1.165) is 10.0 Å². The zero-order chi connectivity index (χ0) is 16.7. The molecule has 2 rings (SSSR count). The van der Waals surface area contributed by atoms with Gasteiger partial charge in [-0.2, -0.15) is 8.78 Å². The van der Waals surface area contributed by atoms with Gasteiger partial charge in [-0.25, -0.2) is 0 Å². The highest BCUT2D eigenvalue weighted by Gasteiger charge is 2.11. The summed E-state index contributed by atoms with van der Waals surface area (Å²) in [5.41, 5.74) is 1.34. The zero-order valence-corrected chi connectivity index (χ0v) is 14.4. The van der Waals surface area contributed by atoms with Gasteiger partial charge in [0.05, 0.1) is 11.4 Å². The van der Waals surface area contributed by atoms with E-state index >= 15 is 0 Å². The zero-order valence-electron chi connectivity index (χ0n) is 12.0. The number of thioether (sulfide) groups is 1. The number of hydrogen-bond acceptors (Lipinski definition) is 3. The third kappa shape index (κ3) is 6.19. The second-order valence-corrected chi connectivity index (χ2v) is 6.44. The van der Waals surface area contributed by atoms with Gasteiger partial charge >= 0.3 is 6.61 Å². The van der Waals surface area contributed by atoms with Gasteiger partial charge in [-0.3, -0.25) is 4.79 Å². The van der Waals surface area contributed by atoms with Crippen molar-refractivity contribution in [2.75, 3.05) is 11.1 Å². The number of nitrogens with one attached hydrogen (secondary N) is 1. The van der Waals surface area contributed by atoms with Crippen LogP contribution in [-0.4, -0.2) is 18.3 Å². The molecular formula is C16H14BrF2NO2S. The molecule has 1 N–H and O–H groups in total. The molecule has 0 aliphatic heterocycles. The Morgan fingerprint density at radius 2 is 1.87 bits per heavy atom. The first-order chi connectivity index (χ1) is 11.0. The third-order valence-corrected chi connectivity index (χ3v) is 4.32. The third-order valence-electron chi connectivity index (χ3n) is 2.79. The van der Waals surface area contributed by atoms with Crippen molar-refractivity contribution in [3.8, 4) is 5.75 Å². The summed E-state index contributed by atoms with van der Waals surface area (Å²) < 4.78 is 30.0. The highest BCUT2D eigenvalue weighted by Crippen LogP contribution is 2.25. The molecule has 1 amide bonds. The van der Waals surface area contributed by atoms with E-state index in [-0.39, 0.29) is 23.1 Å². The summed E-state index contributed by atoms with van der Waals surface area (Å²) in [7, 11) is 0. The number of carbonyl (C=O) groups excluding carboxylic acids is 1. The highest BCUT2D eigenvalue weighted by atomic mass is 79.9.